The zero-order valence-corrected chi connectivity index (χ0v) is 22.3. The highest BCUT2D eigenvalue weighted by molar-refractivity contribution is 5.84. The lowest BCUT2D eigenvalue weighted by molar-refractivity contribution is -0.162. The zero-order valence-electron chi connectivity index (χ0n) is 22.3. The maximum Gasteiger partial charge on any atom is 0.397 e. The number of piperazine rings is 1. The standard InChI is InChI=1S/C29H30F3N7O2/c30-29(31,32)16-27(41)38-11-9-37(10-12-38)17-20-5-7-33-25(13-20)36-28-34-23-4-3-21(14-24(23)35-28)22-6-8-39(26(40)15-22)18-19-1-2-19/h3-8,13-15,19H,1-2,9-12,16-18H2,(H2,33,34,35,36). The van der Waals surface area contributed by atoms with E-state index < -0.39 is 18.5 Å². The molecule has 41 heavy (non-hydrogen) atoms. The van der Waals surface area contributed by atoms with Crippen LogP contribution in [0.25, 0.3) is 22.2 Å². The Balaban J connectivity index is 1.08. The van der Waals surface area contributed by atoms with E-state index in [-0.39, 0.29) is 18.6 Å². The number of H-pyrrole nitrogens is 1. The van der Waals surface area contributed by atoms with E-state index in [2.05, 4.69) is 25.2 Å². The number of rotatable bonds is 8. The van der Waals surface area contributed by atoms with Crippen LogP contribution in [0.1, 0.15) is 24.8 Å². The molecule has 2 aliphatic rings. The molecule has 2 N–H and O–H groups in total. The number of halogens is 3. The van der Waals surface area contributed by atoms with Crippen molar-refractivity contribution in [2.45, 2.75) is 38.5 Å². The SMILES string of the molecule is O=C(CC(F)(F)F)N1CCN(Cc2ccnc(Nc3nc4ccc(-c5ccn(CC6CC6)c(=O)c5)cc4[nH]3)c2)CC1. The summed E-state index contributed by atoms with van der Waals surface area (Å²) < 4.78 is 39.4. The summed E-state index contributed by atoms with van der Waals surface area (Å²) >= 11 is 0. The van der Waals surface area contributed by atoms with E-state index in [1.165, 1.54) is 17.7 Å². The number of nitrogens with zero attached hydrogens (tertiary/aromatic N) is 5. The van der Waals surface area contributed by atoms with Gasteiger partial charge in [-0.1, -0.05) is 6.07 Å². The third-order valence-electron chi connectivity index (χ3n) is 7.52. The highest BCUT2D eigenvalue weighted by atomic mass is 19.4. The summed E-state index contributed by atoms with van der Waals surface area (Å²) in [5.74, 6) is 0.878. The van der Waals surface area contributed by atoms with E-state index in [4.69, 9.17) is 0 Å². The molecule has 12 heteroatoms. The first kappa shape index (κ1) is 27.0. The van der Waals surface area contributed by atoms with Gasteiger partial charge in [-0.25, -0.2) is 9.97 Å². The Morgan fingerprint density at radius 2 is 1.80 bits per heavy atom. The molecule has 9 nitrogen and oxygen atoms in total. The number of pyridine rings is 2. The fraction of sp³-hybridized carbons (Fsp3) is 0.379. The van der Waals surface area contributed by atoms with Crippen molar-refractivity contribution in [3.05, 3.63) is 70.8 Å². The van der Waals surface area contributed by atoms with Crippen LogP contribution in [-0.2, 0) is 17.9 Å². The minimum absolute atomic E-state index is 0.00393. The molecule has 4 heterocycles. The van der Waals surface area contributed by atoms with Gasteiger partial charge in [0.05, 0.1) is 11.0 Å². The predicted octanol–water partition coefficient (Wildman–Crippen LogP) is 4.54. The highest BCUT2D eigenvalue weighted by Crippen LogP contribution is 2.30. The molecule has 0 unspecified atom stereocenters. The fourth-order valence-electron chi connectivity index (χ4n) is 5.12. The number of imidazole rings is 1. The highest BCUT2D eigenvalue weighted by Gasteiger charge is 2.34. The maximum atomic E-state index is 12.6. The molecule has 4 aromatic rings. The zero-order chi connectivity index (χ0) is 28.6. The molecule has 0 radical (unpaired) electrons. The van der Waals surface area contributed by atoms with E-state index in [0.29, 0.717) is 37.3 Å². The number of alkyl halides is 3. The topological polar surface area (TPSA) is 99.2 Å². The molecule has 1 saturated heterocycles. The minimum atomic E-state index is -4.49. The van der Waals surface area contributed by atoms with Gasteiger partial charge in [0.25, 0.3) is 5.56 Å². The number of hydrogen-bond donors (Lipinski definition) is 2. The molecule has 2 fully saturated rings. The van der Waals surface area contributed by atoms with Gasteiger partial charge in [0.15, 0.2) is 0 Å². The Morgan fingerprint density at radius 3 is 2.54 bits per heavy atom. The Kier molecular flexibility index (Phi) is 7.24. The molecule has 1 aromatic carbocycles. The summed E-state index contributed by atoms with van der Waals surface area (Å²) in [7, 11) is 0. The molecule has 0 bridgehead atoms. The maximum absolute atomic E-state index is 12.6. The minimum Gasteiger partial charge on any atom is -0.340 e. The number of benzene rings is 1. The van der Waals surface area contributed by atoms with Crippen molar-refractivity contribution in [2.24, 2.45) is 5.92 Å². The molecule has 1 saturated carbocycles. The number of amides is 1. The lowest BCUT2D eigenvalue weighted by Gasteiger charge is -2.35. The molecular formula is C29H30F3N7O2. The van der Waals surface area contributed by atoms with Gasteiger partial charge in [0, 0.05) is 57.7 Å². The van der Waals surface area contributed by atoms with Crippen LogP contribution < -0.4 is 10.9 Å². The van der Waals surface area contributed by atoms with Crippen LogP contribution in [0, 0.1) is 5.92 Å². The number of aromatic amines is 1. The van der Waals surface area contributed by atoms with Gasteiger partial charge in [-0.05, 0) is 65.8 Å². The van der Waals surface area contributed by atoms with Crippen LogP contribution in [0.4, 0.5) is 24.9 Å². The van der Waals surface area contributed by atoms with E-state index in [9.17, 15) is 22.8 Å². The van der Waals surface area contributed by atoms with Crippen LogP contribution in [0.15, 0.2) is 59.7 Å². The summed E-state index contributed by atoms with van der Waals surface area (Å²) in [6.07, 6.45) is 0.0394. The van der Waals surface area contributed by atoms with Crippen LogP contribution in [-0.4, -0.2) is 67.6 Å². The Hall–Kier alpha value is -4.19. The fourth-order valence-corrected chi connectivity index (χ4v) is 5.12. The first-order chi connectivity index (χ1) is 19.7. The molecule has 1 aliphatic carbocycles. The van der Waals surface area contributed by atoms with Gasteiger partial charge in [-0.3, -0.25) is 14.5 Å². The van der Waals surface area contributed by atoms with Crippen LogP contribution in [0.5, 0.6) is 0 Å². The molecule has 6 rings (SSSR count). The second kappa shape index (κ2) is 11.0. The average Bonchev–Trinajstić information content (AvgIpc) is 3.66. The number of aromatic nitrogens is 4. The second-order valence-electron chi connectivity index (χ2n) is 10.8. The van der Waals surface area contributed by atoms with Gasteiger partial charge >= 0.3 is 6.18 Å². The monoisotopic (exact) mass is 565 g/mol. The van der Waals surface area contributed by atoms with Crippen molar-refractivity contribution in [3.8, 4) is 11.1 Å². The molecule has 3 aromatic heterocycles. The average molecular weight is 566 g/mol. The smallest absolute Gasteiger partial charge is 0.340 e. The Morgan fingerprint density at radius 1 is 1.02 bits per heavy atom. The molecule has 1 aliphatic heterocycles. The largest absolute Gasteiger partial charge is 0.397 e. The van der Waals surface area contributed by atoms with Gasteiger partial charge in [-0.15, -0.1) is 0 Å². The number of anilines is 2. The van der Waals surface area contributed by atoms with Crippen LogP contribution in [0.2, 0.25) is 0 Å². The molecule has 214 valence electrons. The van der Waals surface area contributed by atoms with E-state index in [1.54, 1.807) is 16.8 Å². The Labute approximate surface area is 234 Å². The summed E-state index contributed by atoms with van der Waals surface area (Å²) in [5, 5.41) is 3.21. The number of carbonyl (C=O) groups excluding carboxylic acids is 1. The lowest BCUT2D eigenvalue weighted by atomic mass is 10.1. The third-order valence-corrected chi connectivity index (χ3v) is 7.52. The third kappa shape index (κ3) is 6.76. The van der Waals surface area contributed by atoms with Gasteiger partial charge in [-0.2, -0.15) is 13.2 Å². The van der Waals surface area contributed by atoms with Crippen molar-refractivity contribution >= 4 is 28.7 Å². The van der Waals surface area contributed by atoms with Gasteiger partial charge in [0.1, 0.15) is 12.2 Å². The normalized spacial score (nSPS) is 16.3. The van der Waals surface area contributed by atoms with Gasteiger partial charge in [0.2, 0.25) is 11.9 Å². The second-order valence-corrected chi connectivity index (χ2v) is 10.8. The van der Waals surface area contributed by atoms with Crippen LogP contribution >= 0.6 is 0 Å². The number of carbonyl (C=O) groups is 1. The first-order valence-corrected chi connectivity index (χ1v) is 13.7. The van der Waals surface area contributed by atoms with E-state index in [0.717, 1.165) is 34.3 Å². The lowest BCUT2D eigenvalue weighted by Crippen LogP contribution is -2.49. The molecule has 1 amide bonds. The van der Waals surface area contributed by atoms with E-state index >= 15 is 0 Å². The van der Waals surface area contributed by atoms with Gasteiger partial charge < -0.3 is 19.8 Å². The number of hydrogen-bond acceptors (Lipinski definition) is 6. The number of fused-ring (bicyclic) bond motifs is 1. The van der Waals surface area contributed by atoms with Crippen molar-refractivity contribution in [2.75, 3.05) is 31.5 Å². The number of nitrogens with one attached hydrogen (secondary N) is 2. The molecule has 0 spiro atoms. The summed E-state index contributed by atoms with van der Waals surface area (Å²) in [6, 6.07) is 13.3. The van der Waals surface area contributed by atoms with Crippen molar-refractivity contribution in [3.63, 3.8) is 0 Å². The first-order valence-electron chi connectivity index (χ1n) is 13.7. The quantitative estimate of drug-likeness (QED) is 0.326. The summed E-state index contributed by atoms with van der Waals surface area (Å²) in [4.78, 5) is 40.1. The summed E-state index contributed by atoms with van der Waals surface area (Å²) in [5.41, 5.74) is 4.35. The van der Waals surface area contributed by atoms with Crippen molar-refractivity contribution in [1.82, 2.24) is 29.3 Å². The summed E-state index contributed by atoms with van der Waals surface area (Å²) in [6.45, 7) is 2.90. The van der Waals surface area contributed by atoms with Crippen molar-refractivity contribution in [1.29, 1.82) is 0 Å². The van der Waals surface area contributed by atoms with Crippen LogP contribution in [0.3, 0.4) is 0 Å². The van der Waals surface area contributed by atoms with E-state index in [1.807, 2.05) is 42.6 Å². The predicted molar refractivity (Wildman–Crippen MR) is 149 cm³/mol. The van der Waals surface area contributed by atoms with Crippen molar-refractivity contribution < 1.29 is 18.0 Å². The molecular weight excluding hydrogens is 535 g/mol. The molecule has 0 atom stereocenters. The Bertz CT molecular complexity index is 1620.